The second kappa shape index (κ2) is 7.45. The molecule has 0 saturated carbocycles. The van der Waals surface area contributed by atoms with Gasteiger partial charge in [0.25, 0.3) is 5.91 Å². The van der Waals surface area contributed by atoms with E-state index >= 15 is 0 Å². The van der Waals surface area contributed by atoms with E-state index in [1.807, 2.05) is 37.3 Å². The van der Waals surface area contributed by atoms with Crippen molar-refractivity contribution < 1.29 is 9.59 Å². The first-order chi connectivity index (χ1) is 11.0. The molecule has 1 heterocycles. The molecule has 1 aromatic rings. The summed E-state index contributed by atoms with van der Waals surface area (Å²) in [6.07, 6.45) is 1.44. The normalized spacial score (nSPS) is 15.1. The van der Waals surface area contributed by atoms with Gasteiger partial charge in [0.1, 0.15) is 11.6 Å². The number of nitriles is 1. The van der Waals surface area contributed by atoms with Crippen LogP contribution in [0.5, 0.6) is 0 Å². The number of benzene rings is 1. The quantitative estimate of drug-likeness (QED) is 0.678. The van der Waals surface area contributed by atoms with Gasteiger partial charge in [-0.05, 0) is 24.6 Å². The monoisotopic (exact) mass is 312 g/mol. The number of hydrogen-bond donors (Lipinski definition) is 1. The summed E-state index contributed by atoms with van der Waals surface area (Å²) in [5, 5.41) is 12.2. The van der Waals surface area contributed by atoms with Gasteiger partial charge >= 0.3 is 0 Å². The molecule has 1 aliphatic heterocycles. The van der Waals surface area contributed by atoms with Gasteiger partial charge in [-0.1, -0.05) is 12.1 Å². The average molecular weight is 312 g/mol. The van der Waals surface area contributed by atoms with Gasteiger partial charge in [0.05, 0.1) is 0 Å². The largest absolute Gasteiger partial charge is 0.360 e. The van der Waals surface area contributed by atoms with Crippen LogP contribution in [0.1, 0.15) is 12.5 Å². The lowest BCUT2D eigenvalue weighted by molar-refractivity contribution is -0.136. The Labute approximate surface area is 136 Å². The molecule has 1 aromatic carbocycles. The highest BCUT2D eigenvalue weighted by Gasteiger charge is 2.24. The number of aryl methyl sites for hydroxylation is 1. The number of piperazine rings is 1. The van der Waals surface area contributed by atoms with Crippen molar-refractivity contribution in [1.82, 2.24) is 9.80 Å². The fourth-order valence-corrected chi connectivity index (χ4v) is 2.43. The summed E-state index contributed by atoms with van der Waals surface area (Å²) in [5.74, 6) is -0.301. The lowest BCUT2D eigenvalue weighted by atomic mass is 10.2. The van der Waals surface area contributed by atoms with E-state index in [2.05, 4.69) is 5.32 Å². The first kappa shape index (κ1) is 16.6. The Bertz CT molecular complexity index is 667. The highest BCUT2D eigenvalue weighted by molar-refractivity contribution is 5.97. The number of nitrogens with zero attached hydrogens (tertiary/aromatic N) is 3. The van der Waals surface area contributed by atoms with Gasteiger partial charge in [0, 0.05) is 45.0 Å². The topological polar surface area (TPSA) is 76.4 Å². The third kappa shape index (κ3) is 4.33. The Balaban J connectivity index is 2.00. The van der Waals surface area contributed by atoms with Crippen LogP contribution in [0.25, 0.3) is 0 Å². The molecule has 23 heavy (non-hydrogen) atoms. The first-order valence-electron chi connectivity index (χ1n) is 7.49. The van der Waals surface area contributed by atoms with Crippen LogP contribution < -0.4 is 5.32 Å². The van der Waals surface area contributed by atoms with E-state index in [4.69, 9.17) is 0 Å². The summed E-state index contributed by atoms with van der Waals surface area (Å²) < 4.78 is 0. The van der Waals surface area contributed by atoms with Gasteiger partial charge in [-0.15, -0.1) is 0 Å². The summed E-state index contributed by atoms with van der Waals surface area (Å²) in [4.78, 5) is 27.0. The molecule has 120 valence electrons. The first-order valence-corrected chi connectivity index (χ1v) is 7.49. The van der Waals surface area contributed by atoms with Crippen LogP contribution in [0.4, 0.5) is 5.69 Å². The summed E-state index contributed by atoms with van der Waals surface area (Å²) in [5.41, 5.74) is 1.98. The molecular weight excluding hydrogens is 292 g/mol. The van der Waals surface area contributed by atoms with Crippen molar-refractivity contribution >= 4 is 17.5 Å². The minimum Gasteiger partial charge on any atom is -0.360 e. The van der Waals surface area contributed by atoms with Crippen molar-refractivity contribution in [3.63, 3.8) is 0 Å². The number of rotatable bonds is 3. The predicted molar refractivity (Wildman–Crippen MR) is 87.3 cm³/mol. The number of carbonyl (C=O) groups is 2. The van der Waals surface area contributed by atoms with E-state index in [9.17, 15) is 14.9 Å². The third-order valence-corrected chi connectivity index (χ3v) is 3.76. The molecule has 0 radical (unpaired) electrons. The number of anilines is 1. The maximum absolute atomic E-state index is 12.4. The zero-order chi connectivity index (χ0) is 16.8. The lowest BCUT2D eigenvalue weighted by Crippen LogP contribution is -2.50. The smallest absolute Gasteiger partial charge is 0.266 e. The SMILES string of the molecule is CC(=O)N1CCN(C(=O)/C(C#N)=C\Nc2cccc(C)c2)CC1. The second-order valence-corrected chi connectivity index (χ2v) is 5.48. The third-order valence-electron chi connectivity index (χ3n) is 3.76. The molecule has 1 saturated heterocycles. The standard InChI is InChI=1S/C17H20N4O2/c1-13-4-3-5-16(10-13)19-12-15(11-18)17(23)21-8-6-20(7-9-21)14(2)22/h3-5,10,12,19H,6-9H2,1-2H3/b15-12-. The lowest BCUT2D eigenvalue weighted by Gasteiger charge is -2.34. The van der Waals surface area contributed by atoms with E-state index in [0.717, 1.165) is 11.3 Å². The average Bonchev–Trinajstić information content (AvgIpc) is 2.55. The van der Waals surface area contributed by atoms with E-state index in [-0.39, 0.29) is 17.4 Å². The highest BCUT2D eigenvalue weighted by Crippen LogP contribution is 2.11. The Morgan fingerprint density at radius 2 is 1.87 bits per heavy atom. The van der Waals surface area contributed by atoms with Crippen molar-refractivity contribution in [3.8, 4) is 6.07 Å². The van der Waals surface area contributed by atoms with Gasteiger partial charge < -0.3 is 15.1 Å². The molecule has 2 amide bonds. The van der Waals surface area contributed by atoms with Gasteiger partial charge in [0.2, 0.25) is 5.91 Å². The highest BCUT2D eigenvalue weighted by atomic mass is 16.2. The van der Waals surface area contributed by atoms with E-state index < -0.39 is 0 Å². The second-order valence-electron chi connectivity index (χ2n) is 5.48. The zero-order valence-electron chi connectivity index (χ0n) is 13.4. The fraction of sp³-hybridized carbons (Fsp3) is 0.353. The van der Waals surface area contributed by atoms with Gasteiger partial charge in [-0.2, -0.15) is 5.26 Å². The Morgan fingerprint density at radius 1 is 1.22 bits per heavy atom. The van der Waals surface area contributed by atoms with Crippen LogP contribution in [0.2, 0.25) is 0 Å². The molecule has 6 heteroatoms. The number of nitrogens with one attached hydrogen (secondary N) is 1. The Morgan fingerprint density at radius 3 is 2.43 bits per heavy atom. The van der Waals surface area contributed by atoms with Gasteiger partial charge in [0.15, 0.2) is 0 Å². The molecule has 0 aliphatic carbocycles. The van der Waals surface area contributed by atoms with Gasteiger partial charge in [-0.3, -0.25) is 9.59 Å². The van der Waals surface area contributed by atoms with E-state index in [1.54, 1.807) is 9.80 Å². The van der Waals surface area contributed by atoms with Crippen LogP contribution in [0.3, 0.4) is 0 Å². The Hall–Kier alpha value is -2.81. The van der Waals surface area contributed by atoms with Crippen molar-refractivity contribution in [2.45, 2.75) is 13.8 Å². The van der Waals surface area contributed by atoms with Crippen LogP contribution in [-0.4, -0.2) is 47.8 Å². The molecule has 1 N–H and O–H groups in total. The molecule has 0 aromatic heterocycles. The molecule has 0 unspecified atom stereocenters. The molecule has 0 spiro atoms. The fourth-order valence-electron chi connectivity index (χ4n) is 2.43. The van der Waals surface area contributed by atoms with E-state index in [1.165, 1.54) is 13.1 Å². The minimum absolute atomic E-state index is 0.00858. The molecule has 0 bridgehead atoms. The number of carbonyl (C=O) groups excluding carboxylic acids is 2. The molecule has 2 rings (SSSR count). The molecule has 1 fully saturated rings. The van der Waals surface area contributed by atoms with Crippen LogP contribution in [-0.2, 0) is 9.59 Å². The Kier molecular flexibility index (Phi) is 5.36. The van der Waals surface area contributed by atoms with Crippen molar-refractivity contribution in [3.05, 3.63) is 41.6 Å². The molecule has 0 atom stereocenters. The maximum atomic E-state index is 12.4. The summed E-state index contributed by atoms with van der Waals surface area (Å²) in [6, 6.07) is 9.62. The summed E-state index contributed by atoms with van der Waals surface area (Å²) in [7, 11) is 0. The van der Waals surface area contributed by atoms with Gasteiger partial charge in [-0.25, -0.2) is 0 Å². The molecule has 1 aliphatic rings. The van der Waals surface area contributed by atoms with Crippen LogP contribution in [0, 0.1) is 18.3 Å². The van der Waals surface area contributed by atoms with Crippen LogP contribution in [0.15, 0.2) is 36.0 Å². The predicted octanol–water partition coefficient (Wildman–Crippen LogP) is 1.51. The van der Waals surface area contributed by atoms with Crippen LogP contribution >= 0.6 is 0 Å². The minimum atomic E-state index is -0.309. The van der Waals surface area contributed by atoms with Crippen molar-refractivity contribution in [2.75, 3.05) is 31.5 Å². The van der Waals surface area contributed by atoms with Crippen molar-refractivity contribution in [1.29, 1.82) is 5.26 Å². The number of amides is 2. The van der Waals surface area contributed by atoms with E-state index in [0.29, 0.717) is 26.2 Å². The maximum Gasteiger partial charge on any atom is 0.266 e. The summed E-state index contributed by atoms with van der Waals surface area (Å²) >= 11 is 0. The molecule has 6 nitrogen and oxygen atoms in total. The zero-order valence-corrected chi connectivity index (χ0v) is 13.4. The van der Waals surface area contributed by atoms with Crippen molar-refractivity contribution in [2.24, 2.45) is 0 Å². The summed E-state index contributed by atoms with van der Waals surface area (Å²) in [6.45, 7) is 5.39. The molecular formula is C17H20N4O2. The number of hydrogen-bond acceptors (Lipinski definition) is 4.